The van der Waals surface area contributed by atoms with Crippen LogP contribution in [-0.2, 0) is 4.79 Å². The predicted molar refractivity (Wildman–Crippen MR) is 114 cm³/mol. The molecule has 1 saturated heterocycles. The Bertz CT molecular complexity index is 947. The van der Waals surface area contributed by atoms with Crippen LogP contribution in [0.1, 0.15) is 57.8 Å². The summed E-state index contributed by atoms with van der Waals surface area (Å²) in [6.45, 7) is 0. The normalized spacial score (nSPS) is 30.6. The maximum absolute atomic E-state index is 13.1. The average Bonchev–Trinajstić information content (AvgIpc) is 3.19. The van der Waals surface area contributed by atoms with Crippen molar-refractivity contribution in [1.29, 1.82) is 0 Å². The maximum atomic E-state index is 13.1. The van der Waals surface area contributed by atoms with Crippen LogP contribution in [0.4, 0.5) is 0 Å². The zero-order valence-corrected chi connectivity index (χ0v) is 19.7. The molecule has 1 aromatic heterocycles. The molecule has 0 N–H and O–H groups in total. The fourth-order valence-corrected chi connectivity index (χ4v) is 10.5. The van der Waals surface area contributed by atoms with Crippen LogP contribution in [0.15, 0.2) is 29.1 Å². The molecule has 28 heavy (non-hydrogen) atoms. The molecule has 0 radical (unpaired) electrons. The summed E-state index contributed by atoms with van der Waals surface area (Å²) in [4.78, 5) is 26.1. The van der Waals surface area contributed by atoms with E-state index in [9.17, 15) is 9.59 Å². The molecule has 2 fully saturated rings. The molecule has 1 saturated carbocycles. The Hall–Kier alpha value is -0.800. The summed E-state index contributed by atoms with van der Waals surface area (Å²) >= 11 is 2.43. The first-order valence-electron chi connectivity index (χ1n) is 10.2. The Balaban J connectivity index is 1.56. The quantitative estimate of drug-likeness (QED) is 0.316. The molecule has 2 atom stereocenters. The van der Waals surface area contributed by atoms with Crippen molar-refractivity contribution >= 4 is 41.5 Å². The fourth-order valence-electron chi connectivity index (χ4n) is 3.91. The third-order valence-corrected chi connectivity index (χ3v) is 11.4. The van der Waals surface area contributed by atoms with Gasteiger partial charge in [0.05, 0.1) is 0 Å². The molecule has 7 heteroatoms. The Morgan fingerprint density at radius 3 is 2.61 bits per heavy atom. The monoisotopic (exact) mass is 529 g/mol. The summed E-state index contributed by atoms with van der Waals surface area (Å²) in [7, 11) is 0. The van der Waals surface area contributed by atoms with Crippen LogP contribution in [0.2, 0.25) is 0 Å². The van der Waals surface area contributed by atoms with Gasteiger partial charge in [0, 0.05) is 0 Å². The van der Waals surface area contributed by atoms with Gasteiger partial charge in [-0.2, -0.15) is 0 Å². The van der Waals surface area contributed by atoms with Gasteiger partial charge in [-0.05, 0) is 0 Å². The standard InChI is InChI=1S/C21H26IN2O2S2/c25-20-16-12-8-4-1-2-6-10-14-18(16)27-23(20)22-24-21(26)17-13-9-5-3-7-11-15-19(17)28-24/h3,5,7,9,13,15-16,18H,1-2,4,6,8,10-12,14H2/q-1/b7-3-,9-5-,17-13+,19-15+. The number of hydrogen-bond donors (Lipinski definition) is 0. The zero-order chi connectivity index (χ0) is 19.3. The van der Waals surface area contributed by atoms with Crippen molar-refractivity contribution in [3.63, 3.8) is 0 Å². The summed E-state index contributed by atoms with van der Waals surface area (Å²) in [5.74, 6) is 0.442. The van der Waals surface area contributed by atoms with Crippen molar-refractivity contribution in [2.24, 2.45) is 5.92 Å². The van der Waals surface area contributed by atoms with Crippen molar-refractivity contribution in [2.45, 2.75) is 63.0 Å². The molecule has 3 aliphatic rings. The van der Waals surface area contributed by atoms with Gasteiger partial charge in [-0.15, -0.1) is 0 Å². The van der Waals surface area contributed by atoms with Gasteiger partial charge in [-0.25, -0.2) is 0 Å². The van der Waals surface area contributed by atoms with E-state index in [0.29, 0.717) is 5.25 Å². The molecular weight excluding hydrogens is 503 g/mol. The number of allylic oxidation sites excluding steroid dienone is 4. The second kappa shape index (κ2) is 9.80. The average molecular weight is 529 g/mol. The third-order valence-electron chi connectivity index (χ3n) is 5.45. The minimum absolute atomic E-state index is 0.0573. The van der Waals surface area contributed by atoms with Gasteiger partial charge in [-0.3, -0.25) is 0 Å². The van der Waals surface area contributed by atoms with Crippen LogP contribution < -0.4 is 37.1 Å². The van der Waals surface area contributed by atoms with E-state index in [4.69, 9.17) is 0 Å². The molecule has 0 bridgehead atoms. The molecular formula is C21H26IN2O2S2-. The van der Waals surface area contributed by atoms with Gasteiger partial charge in [0.1, 0.15) is 0 Å². The summed E-state index contributed by atoms with van der Waals surface area (Å²) in [6, 6.07) is 0. The van der Waals surface area contributed by atoms with Gasteiger partial charge < -0.3 is 0 Å². The first-order chi connectivity index (χ1) is 13.7. The molecule has 4 rings (SSSR count). The second-order valence-electron chi connectivity index (χ2n) is 7.45. The topological polar surface area (TPSA) is 42.3 Å². The van der Waals surface area contributed by atoms with E-state index in [-0.39, 0.29) is 17.4 Å². The number of hydrogen-bond acceptors (Lipinski definition) is 4. The molecule has 152 valence electrons. The zero-order valence-electron chi connectivity index (χ0n) is 15.9. The van der Waals surface area contributed by atoms with Crippen molar-refractivity contribution in [2.75, 3.05) is 0 Å². The number of halogens is 1. The van der Waals surface area contributed by atoms with Crippen LogP contribution >= 0.6 is 23.5 Å². The van der Waals surface area contributed by atoms with Gasteiger partial charge >= 0.3 is 186 Å². The van der Waals surface area contributed by atoms with Crippen LogP contribution in [0, 0.1) is 5.92 Å². The molecule has 0 aromatic carbocycles. The van der Waals surface area contributed by atoms with E-state index < -0.39 is 21.8 Å². The minimum atomic E-state index is -0.827. The van der Waals surface area contributed by atoms with E-state index >= 15 is 0 Å². The van der Waals surface area contributed by atoms with Gasteiger partial charge in [0.25, 0.3) is 0 Å². The molecule has 2 unspecified atom stereocenters. The number of carbonyl (C=O) groups excluding carboxylic acids is 1. The summed E-state index contributed by atoms with van der Waals surface area (Å²) in [6.07, 6.45) is 22.5. The van der Waals surface area contributed by atoms with E-state index in [1.54, 1.807) is 11.9 Å². The van der Waals surface area contributed by atoms with Crippen LogP contribution in [0.3, 0.4) is 0 Å². The third kappa shape index (κ3) is 4.67. The molecule has 2 aliphatic carbocycles. The predicted octanol–water partition coefficient (Wildman–Crippen LogP) is 0.364. The van der Waals surface area contributed by atoms with Crippen molar-refractivity contribution < 1.29 is 26.5 Å². The van der Waals surface area contributed by atoms with E-state index in [0.717, 1.165) is 35.4 Å². The van der Waals surface area contributed by atoms with E-state index in [1.807, 2.05) is 29.0 Å². The Kier molecular flexibility index (Phi) is 7.17. The molecule has 0 spiro atoms. The summed E-state index contributed by atoms with van der Waals surface area (Å²) in [5.41, 5.74) is 0.0573. The number of fused-ring (bicyclic) bond motifs is 2. The Morgan fingerprint density at radius 2 is 1.75 bits per heavy atom. The number of nitrogens with zero attached hydrogens (tertiary/aromatic N) is 2. The van der Waals surface area contributed by atoms with Gasteiger partial charge in [-0.1, -0.05) is 0 Å². The first-order valence-corrected chi connectivity index (χ1v) is 13.7. The Labute approximate surface area is 185 Å². The number of rotatable bonds is 2. The van der Waals surface area contributed by atoms with E-state index in [2.05, 4.69) is 12.2 Å². The SMILES string of the molecule is O=C1C2CCCCCCCCC2SN1[I-]n1sc2/c(c1=O)=C\C=C/C=C\C\C=2. The summed E-state index contributed by atoms with van der Waals surface area (Å²) in [5, 5.41) is 1.18. The van der Waals surface area contributed by atoms with Crippen LogP contribution in [0.25, 0.3) is 12.2 Å². The molecule has 1 aliphatic heterocycles. The van der Waals surface area contributed by atoms with Crippen LogP contribution in [-0.4, -0.2) is 15.8 Å². The van der Waals surface area contributed by atoms with Crippen molar-refractivity contribution in [3.8, 4) is 0 Å². The number of carbonyl (C=O) groups is 1. The number of amides is 1. The van der Waals surface area contributed by atoms with Crippen molar-refractivity contribution in [3.05, 3.63) is 44.4 Å². The van der Waals surface area contributed by atoms with Gasteiger partial charge in [0.15, 0.2) is 0 Å². The Morgan fingerprint density at radius 1 is 0.964 bits per heavy atom. The fraction of sp³-hybridized carbons (Fsp3) is 0.524. The molecule has 1 amide bonds. The first kappa shape index (κ1) is 20.5. The summed E-state index contributed by atoms with van der Waals surface area (Å²) < 4.78 is 4.86. The molecule has 1 aromatic rings. The van der Waals surface area contributed by atoms with Crippen molar-refractivity contribution in [1.82, 2.24) is 4.69 Å². The van der Waals surface area contributed by atoms with Crippen LogP contribution in [0.5, 0.6) is 0 Å². The molecule has 2 heterocycles. The number of aromatic nitrogens is 1. The second-order valence-corrected chi connectivity index (χ2v) is 13.3. The molecule has 4 nitrogen and oxygen atoms in total. The van der Waals surface area contributed by atoms with Gasteiger partial charge in [0.2, 0.25) is 0 Å². The van der Waals surface area contributed by atoms with E-state index in [1.165, 1.54) is 43.6 Å².